The van der Waals surface area contributed by atoms with Crippen molar-refractivity contribution in [1.82, 2.24) is 19.7 Å². The second-order valence-corrected chi connectivity index (χ2v) is 7.34. The first-order chi connectivity index (χ1) is 11.9. The normalized spacial score (nSPS) is 11.8. The number of pyridine rings is 1. The number of halogens is 1. The van der Waals surface area contributed by atoms with Crippen molar-refractivity contribution in [3.8, 4) is 16.9 Å². The number of nitrogens with zero attached hydrogens (tertiary/aromatic N) is 2. The molecule has 0 aliphatic rings. The van der Waals surface area contributed by atoms with E-state index in [1.54, 1.807) is 16.8 Å². The average molecular weight is 377 g/mol. The van der Waals surface area contributed by atoms with E-state index in [1.807, 2.05) is 13.8 Å². The Kier molecular flexibility index (Phi) is 3.48. The van der Waals surface area contributed by atoms with Gasteiger partial charge in [0.2, 0.25) is 0 Å². The van der Waals surface area contributed by atoms with Crippen LogP contribution in [0.2, 0.25) is 5.02 Å². The fourth-order valence-corrected chi connectivity index (χ4v) is 3.90. The molecule has 25 heavy (non-hydrogen) atoms. The molecule has 0 aliphatic heterocycles. The maximum atomic E-state index is 12.6. The second-order valence-electron chi connectivity index (χ2n) is 5.95. The summed E-state index contributed by atoms with van der Waals surface area (Å²) in [5, 5.41) is 13.0. The smallest absolute Gasteiger partial charge is 0.306 e. The highest BCUT2D eigenvalue weighted by Crippen LogP contribution is 2.37. The number of aromatic nitrogens is 4. The van der Waals surface area contributed by atoms with Crippen LogP contribution in [-0.4, -0.2) is 24.9 Å². The Morgan fingerprint density at radius 3 is 2.76 bits per heavy atom. The van der Waals surface area contributed by atoms with Gasteiger partial charge in [-0.15, -0.1) is 0 Å². The van der Waals surface area contributed by atoms with Crippen molar-refractivity contribution in [1.29, 1.82) is 0 Å². The lowest BCUT2D eigenvalue weighted by atomic mass is 10.0. The average Bonchev–Trinajstić information content (AvgIpc) is 3.07. The van der Waals surface area contributed by atoms with Gasteiger partial charge < -0.3 is 5.11 Å². The summed E-state index contributed by atoms with van der Waals surface area (Å²) in [7, 11) is 0. The Morgan fingerprint density at radius 2 is 2.08 bits per heavy atom. The number of phenolic OH excluding ortho intramolecular Hbond substituents is 1. The van der Waals surface area contributed by atoms with Crippen LogP contribution in [0.25, 0.3) is 32.5 Å². The van der Waals surface area contributed by atoms with Gasteiger partial charge in [-0.1, -0.05) is 29.0 Å². The minimum Gasteiger partial charge on any atom is -0.506 e. The van der Waals surface area contributed by atoms with Crippen LogP contribution in [0, 0.1) is 0 Å². The number of fused-ring (bicyclic) bond motifs is 2. The van der Waals surface area contributed by atoms with Crippen LogP contribution in [0.1, 0.15) is 19.9 Å². The van der Waals surface area contributed by atoms with Crippen molar-refractivity contribution in [3.63, 3.8) is 0 Å². The van der Waals surface area contributed by atoms with Crippen molar-refractivity contribution in [3.05, 3.63) is 43.2 Å². The summed E-state index contributed by atoms with van der Waals surface area (Å²) in [4.78, 5) is 31.4. The molecule has 0 fully saturated rings. The molecule has 0 unspecified atom stereocenters. The number of hydrogen-bond donors (Lipinski definition) is 3. The standard InChI is InChI=1S/C16H13ClN4O3S/c1-6(2)21-14-11(15(23)20-21)10(7-3-4-9(22)8(17)5-7)12-13(18-14)19-16(24)25-12/h3-6,22H,1-2H3,(H,20,23)(H,18,19,24). The molecule has 0 radical (unpaired) electrons. The van der Waals surface area contributed by atoms with E-state index in [0.29, 0.717) is 32.5 Å². The molecule has 1 aromatic carbocycles. The van der Waals surface area contributed by atoms with Crippen molar-refractivity contribution >= 4 is 44.3 Å². The third-order valence-electron chi connectivity index (χ3n) is 3.98. The molecule has 3 heterocycles. The van der Waals surface area contributed by atoms with E-state index in [9.17, 15) is 14.7 Å². The highest BCUT2D eigenvalue weighted by molar-refractivity contribution is 7.17. The number of rotatable bonds is 2. The Balaban J connectivity index is 2.24. The third kappa shape index (κ3) is 2.37. The van der Waals surface area contributed by atoms with E-state index in [4.69, 9.17) is 11.6 Å². The predicted molar refractivity (Wildman–Crippen MR) is 98.9 cm³/mol. The molecule has 9 heteroatoms. The Labute approximate surface area is 149 Å². The van der Waals surface area contributed by atoms with Gasteiger partial charge in [-0.25, -0.2) is 4.98 Å². The molecule has 0 saturated carbocycles. The topological polar surface area (TPSA) is 104 Å². The molecule has 7 nitrogen and oxygen atoms in total. The van der Waals surface area contributed by atoms with Crippen LogP contribution in [0.4, 0.5) is 0 Å². The van der Waals surface area contributed by atoms with Crippen LogP contribution in [0.3, 0.4) is 0 Å². The molecule has 0 aliphatic carbocycles. The van der Waals surface area contributed by atoms with Crippen molar-refractivity contribution in [2.45, 2.75) is 19.9 Å². The maximum Gasteiger partial charge on any atom is 0.306 e. The Morgan fingerprint density at radius 1 is 1.32 bits per heavy atom. The zero-order valence-electron chi connectivity index (χ0n) is 13.3. The number of H-pyrrole nitrogens is 2. The summed E-state index contributed by atoms with van der Waals surface area (Å²) in [5.74, 6) is -0.0529. The summed E-state index contributed by atoms with van der Waals surface area (Å²) in [6.07, 6.45) is 0. The molecule has 0 amide bonds. The van der Waals surface area contributed by atoms with Gasteiger partial charge in [-0.05, 0) is 31.5 Å². The molecule has 0 atom stereocenters. The number of aromatic amines is 2. The maximum absolute atomic E-state index is 12.6. The zero-order chi connectivity index (χ0) is 17.9. The molecule has 3 N–H and O–H groups in total. The van der Waals surface area contributed by atoms with Gasteiger partial charge in [0, 0.05) is 11.6 Å². The first-order valence-electron chi connectivity index (χ1n) is 7.52. The van der Waals surface area contributed by atoms with Gasteiger partial charge in [0.15, 0.2) is 11.3 Å². The molecule has 0 spiro atoms. The minimum absolute atomic E-state index is 0.0169. The van der Waals surface area contributed by atoms with Gasteiger partial charge in [0.1, 0.15) is 5.75 Å². The van der Waals surface area contributed by atoms with Gasteiger partial charge in [-0.2, -0.15) is 0 Å². The molecule has 4 aromatic rings. The van der Waals surface area contributed by atoms with E-state index in [-0.39, 0.29) is 27.2 Å². The number of aromatic hydroxyl groups is 1. The fraction of sp³-hybridized carbons (Fsp3) is 0.188. The number of nitrogens with one attached hydrogen (secondary N) is 2. The number of thiazole rings is 1. The van der Waals surface area contributed by atoms with E-state index in [1.165, 1.54) is 6.07 Å². The van der Waals surface area contributed by atoms with Gasteiger partial charge in [0.25, 0.3) is 5.56 Å². The lowest BCUT2D eigenvalue weighted by Crippen LogP contribution is -2.08. The first-order valence-corrected chi connectivity index (χ1v) is 8.72. The Bertz CT molecular complexity index is 1250. The van der Waals surface area contributed by atoms with Crippen LogP contribution < -0.4 is 10.4 Å². The number of phenols is 1. The summed E-state index contributed by atoms with van der Waals surface area (Å²) >= 11 is 7.03. The van der Waals surface area contributed by atoms with Crippen LogP contribution in [-0.2, 0) is 0 Å². The summed E-state index contributed by atoms with van der Waals surface area (Å²) in [6, 6.07) is 4.67. The van der Waals surface area contributed by atoms with Gasteiger partial charge >= 0.3 is 4.87 Å². The molecule has 4 rings (SSSR count). The van der Waals surface area contributed by atoms with Crippen molar-refractivity contribution in [2.75, 3.05) is 0 Å². The lowest BCUT2D eigenvalue weighted by Gasteiger charge is -2.09. The van der Waals surface area contributed by atoms with Crippen molar-refractivity contribution < 1.29 is 5.11 Å². The molecule has 3 aromatic heterocycles. The first kappa shape index (κ1) is 15.9. The summed E-state index contributed by atoms with van der Waals surface area (Å²) in [6.45, 7) is 3.85. The lowest BCUT2D eigenvalue weighted by molar-refractivity contribution is 0.475. The van der Waals surface area contributed by atoms with Crippen LogP contribution in [0.15, 0.2) is 27.8 Å². The third-order valence-corrected chi connectivity index (χ3v) is 5.17. The SMILES string of the molecule is CC(C)n1[nH]c(=O)c2c(-c3ccc(O)c(Cl)c3)c3sc(=O)[nH]c3nc21. The van der Waals surface area contributed by atoms with Gasteiger partial charge in [0.05, 0.1) is 15.1 Å². The second kappa shape index (κ2) is 5.47. The quantitative estimate of drug-likeness (QED) is 0.499. The summed E-state index contributed by atoms with van der Waals surface area (Å²) < 4.78 is 2.24. The zero-order valence-corrected chi connectivity index (χ0v) is 14.8. The minimum atomic E-state index is -0.293. The highest BCUT2D eigenvalue weighted by atomic mass is 35.5. The molecular weight excluding hydrogens is 364 g/mol. The van der Waals surface area contributed by atoms with E-state index in [2.05, 4.69) is 15.1 Å². The van der Waals surface area contributed by atoms with Crippen LogP contribution >= 0.6 is 22.9 Å². The molecular formula is C16H13ClN4O3S. The van der Waals surface area contributed by atoms with E-state index in [0.717, 1.165) is 11.3 Å². The molecule has 0 bridgehead atoms. The predicted octanol–water partition coefficient (Wildman–Crippen LogP) is 3.23. The Hall–Kier alpha value is -2.58. The van der Waals surface area contributed by atoms with Crippen LogP contribution in [0.5, 0.6) is 5.75 Å². The van der Waals surface area contributed by atoms with E-state index < -0.39 is 0 Å². The number of benzene rings is 1. The summed E-state index contributed by atoms with van der Waals surface area (Å²) in [5.41, 5.74) is 1.78. The van der Waals surface area contributed by atoms with Gasteiger partial charge in [-0.3, -0.25) is 24.4 Å². The van der Waals surface area contributed by atoms with Crippen molar-refractivity contribution in [2.24, 2.45) is 0 Å². The van der Waals surface area contributed by atoms with E-state index >= 15 is 0 Å². The fourth-order valence-electron chi connectivity index (χ4n) is 2.87. The largest absolute Gasteiger partial charge is 0.506 e. The molecule has 0 saturated heterocycles. The highest BCUT2D eigenvalue weighted by Gasteiger charge is 2.21. The monoisotopic (exact) mass is 376 g/mol. The molecule has 128 valence electrons. The number of hydrogen-bond acceptors (Lipinski definition) is 5.